The number of nitrogens with two attached hydrogens (primary N) is 1. The van der Waals surface area contributed by atoms with Gasteiger partial charge in [-0.2, -0.15) is 0 Å². The number of halogens is 1. The summed E-state index contributed by atoms with van der Waals surface area (Å²) in [6, 6.07) is 8.04. The van der Waals surface area contributed by atoms with Gasteiger partial charge in [-0.1, -0.05) is 22.4 Å². The first-order chi connectivity index (χ1) is 9.56. The second-order valence-corrected chi connectivity index (χ2v) is 6.36. The van der Waals surface area contributed by atoms with E-state index in [9.17, 15) is 4.79 Å². The fourth-order valence-electron chi connectivity index (χ4n) is 2.73. The molecule has 110 valence electrons. The lowest BCUT2D eigenvalue weighted by Gasteiger charge is -2.37. The Hall–Kier alpha value is -0.910. The van der Waals surface area contributed by atoms with Gasteiger partial charge in [0, 0.05) is 22.2 Å². The topological polar surface area (TPSA) is 58.4 Å². The molecule has 0 aromatic heterocycles. The Kier molecular flexibility index (Phi) is 5.57. The third-order valence-corrected chi connectivity index (χ3v) is 4.27. The minimum atomic E-state index is 0.0277. The summed E-state index contributed by atoms with van der Waals surface area (Å²) in [5, 5.41) is 2.93. The highest BCUT2D eigenvalue weighted by Gasteiger charge is 2.26. The highest BCUT2D eigenvalue weighted by molar-refractivity contribution is 9.10. The van der Waals surface area contributed by atoms with Crippen molar-refractivity contribution in [1.82, 2.24) is 4.90 Å². The van der Waals surface area contributed by atoms with Gasteiger partial charge in [-0.3, -0.25) is 9.69 Å². The van der Waals surface area contributed by atoms with Crippen LogP contribution in [-0.2, 0) is 4.79 Å². The summed E-state index contributed by atoms with van der Waals surface area (Å²) in [5.74, 6) is 0.0277. The van der Waals surface area contributed by atoms with Crippen molar-refractivity contribution in [3.63, 3.8) is 0 Å². The van der Waals surface area contributed by atoms with E-state index in [-0.39, 0.29) is 11.9 Å². The van der Waals surface area contributed by atoms with Gasteiger partial charge in [0.15, 0.2) is 0 Å². The van der Waals surface area contributed by atoms with Crippen molar-refractivity contribution in [3.8, 4) is 0 Å². The molecule has 1 fully saturated rings. The van der Waals surface area contributed by atoms with Crippen LogP contribution in [0.15, 0.2) is 28.7 Å². The van der Waals surface area contributed by atoms with Crippen LogP contribution in [0.1, 0.15) is 26.2 Å². The van der Waals surface area contributed by atoms with Crippen molar-refractivity contribution in [2.45, 2.75) is 38.3 Å². The fraction of sp³-hybridized carbons (Fsp3) is 0.533. The fourth-order valence-corrected chi connectivity index (χ4v) is 2.99. The predicted molar refractivity (Wildman–Crippen MR) is 85.6 cm³/mol. The first-order valence-electron chi connectivity index (χ1n) is 7.11. The number of benzene rings is 1. The standard InChI is InChI=1S/C15H22BrN3O/c1-11(17)14-4-2-3-9-19(14)10-15(20)18-13-7-5-12(16)6-8-13/h5-8,11,14H,2-4,9-10,17H2,1H3,(H,18,20). The Morgan fingerprint density at radius 2 is 2.15 bits per heavy atom. The molecule has 1 aromatic rings. The third kappa shape index (κ3) is 4.30. The van der Waals surface area contributed by atoms with E-state index in [1.165, 1.54) is 6.42 Å². The number of nitrogens with zero attached hydrogens (tertiary/aromatic N) is 1. The number of amides is 1. The maximum atomic E-state index is 12.1. The van der Waals surface area contributed by atoms with Gasteiger partial charge >= 0.3 is 0 Å². The Morgan fingerprint density at radius 3 is 2.80 bits per heavy atom. The Balaban J connectivity index is 1.91. The highest BCUT2D eigenvalue weighted by atomic mass is 79.9. The number of nitrogens with one attached hydrogen (secondary N) is 1. The summed E-state index contributed by atoms with van der Waals surface area (Å²) < 4.78 is 1.00. The maximum absolute atomic E-state index is 12.1. The van der Waals surface area contributed by atoms with E-state index in [0.717, 1.165) is 29.5 Å². The van der Waals surface area contributed by atoms with E-state index >= 15 is 0 Å². The molecule has 1 aliphatic rings. The third-order valence-electron chi connectivity index (χ3n) is 3.75. The van der Waals surface area contributed by atoms with Gasteiger partial charge in [0.1, 0.15) is 0 Å². The lowest BCUT2D eigenvalue weighted by atomic mass is 9.97. The molecule has 1 saturated heterocycles. The van der Waals surface area contributed by atoms with Crippen LogP contribution in [0, 0.1) is 0 Å². The summed E-state index contributed by atoms with van der Waals surface area (Å²) in [6.07, 6.45) is 3.44. The molecule has 2 rings (SSSR count). The SMILES string of the molecule is CC(N)C1CCCCN1CC(=O)Nc1ccc(Br)cc1. The van der Waals surface area contributed by atoms with Gasteiger partial charge in [-0.25, -0.2) is 0 Å². The number of carbonyl (C=O) groups is 1. The molecule has 2 atom stereocenters. The van der Waals surface area contributed by atoms with Crippen molar-refractivity contribution in [2.24, 2.45) is 5.73 Å². The minimum Gasteiger partial charge on any atom is -0.327 e. The average Bonchev–Trinajstić information content (AvgIpc) is 2.41. The molecule has 20 heavy (non-hydrogen) atoms. The molecular weight excluding hydrogens is 318 g/mol. The van der Waals surface area contributed by atoms with Gasteiger partial charge in [0.2, 0.25) is 5.91 Å². The molecule has 0 saturated carbocycles. The lowest BCUT2D eigenvalue weighted by molar-refractivity contribution is -0.118. The van der Waals surface area contributed by atoms with E-state index < -0.39 is 0 Å². The molecule has 0 spiro atoms. The van der Waals surface area contributed by atoms with Gasteiger partial charge in [0.05, 0.1) is 6.54 Å². The number of piperidine rings is 1. The Bertz CT molecular complexity index is 447. The Labute approximate surface area is 128 Å². The molecule has 1 aromatic carbocycles. The van der Waals surface area contributed by atoms with Gasteiger partial charge in [-0.15, -0.1) is 0 Å². The van der Waals surface area contributed by atoms with Crippen LogP contribution in [0.3, 0.4) is 0 Å². The number of anilines is 1. The van der Waals surface area contributed by atoms with Gasteiger partial charge < -0.3 is 11.1 Å². The zero-order valence-corrected chi connectivity index (χ0v) is 13.4. The summed E-state index contributed by atoms with van der Waals surface area (Å²) in [4.78, 5) is 14.3. The van der Waals surface area contributed by atoms with Gasteiger partial charge in [0.25, 0.3) is 0 Å². The largest absolute Gasteiger partial charge is 0.327 e. The van der Waals surface area contributed by atoms with Crippen LogP contribution in [0.2, 0.25) is 0 Å². The van der Waals surface area contributed by atoms with Crippen LogP contribution in [0.5, 0.6) is 0 Å². The van der Waals surface area contributed by atoms with E-state index in [1.807, 2.05) is 31.2 Å². The summed E-state index contributed by atoms with van der Waals surface area (Å²) in [7, 11) is 0. The molecular formula is C15H22BrN3O. The van der Waals surface area contributed by atoms with E-state index in [2.05, 4.69) is 26.1 Å². The number of hydrogen-bond acceptors (Lipinski definition) is 3. The average molecular weight is 340 g/mol. The summed E-state index contributed by atoms with van der Waals surface area (Å²) in [5.41, 5.74) is 6.85. The second-order valence-electron chi connectivity index (χ2n) is 5.45. The predicted octanol–water partition coefficient (Wildman–Crippen LogP) is 2.59. The Morgan fingerprint density at radius 1 is 1.45 bits per heavy atom. The number of carbonyl (C=O) groups excluding carboxylic acids is 1. The molecule has 2 unspecified atom stereocenters. The zero-order chi connectivity index (χ0) is 14.5. The molecule has 1 amide bonds. The normalized spacial score (nSPS) is 21.4. The number of likely N-dealkylation sites (tertiary alicyclic amines) is 1. The van der Waals surface area contributed by atoms with E-state index in [4.69, 9.17) is 5.73 Å². The van der Waals surface area contributed by atoms with Crippen molar-refractivity contribution in [1.29, 1.82) is 0 Å². The molecule has 4 nitrogen and oxygen atoms in total. The maximum Gasteiger partial charge on any atom is 0.238 e. The minimum absolute atomic E-state index is 0.0277. The van der Waals surface area contributed by atoms with Crippen LogP contribution in [0.25, 0.3) is 0 Å². The van der Waals surface area contributed by atoms with Crippen molar-refractivity contribution in [2.75, 3.05) is 18.4 Å². The number of rotatable bonds is 4. The molecule has 1 aliphatic heterocycles. The molecule has 0 aliphatic carbocycles. The zero-order valence-electron chi connectivity index (χ0n) is 11.8. The van der Waals surface area contributed by atoms with Crippen LogP contribution >= 0.6 is 15.9 Å². The monoisotopic (exact) mass is 339 g/mol. The van der Waals surface area contributed by atoms with Crippen LogP contribution in [-0.4, -0.2) is 36.0 Å². The first kappa shape index (κ1) is 15.5. The smallest absolute Gasteiger partial charge is 0.238 e. The van der Waals surface area contributed by atoms with Crippen molar-refractivity contribution in [3.05, 3.63) is 28.7 Å². The molecule has 1 heterocycles. The first-order valence-corrected chi connectivity index (χ1v) is 7.90. The number of hydrogen-bond donors (Lipinski definition) is 2. The van der Waals surface area contributed by atoms with Crippen molar-refractivity contribution < 1.29 is 4.79 Å². The highest BCUT2D eigenvalue weighted by Crippen LogP contribution is 2.19. The second kappa shape index (κ2) is 7.20. The van der Waals surface area contributed by atoms with Crippen LogP contribution in [0.4, 0.5) is 5.69 Å². The van der Waals surface area contributed by atoms with E-state index in [0.29, 0.717) is 12.6 Å². The molecule has 5 heteroatoms. The lowest BCUT2D eigenvalue weighted by Crippen LogP contribution is -2.51. The molecule has 0 radical (unpaired) electrons. The molecule has 0 bridgehead atoms. The summed E-state index contributed by atoms with van der Waals surface area (Å²) >= 11 is 3.38. The van der Waals surface area contributed by atoms with Crippen LogP contribution < -0.4 is 11.1 Å². The van der Waals surface area contributed by atoms with E-state index in [1.54, 1.807) is 0 Å². The van der Waals surface area contributed by atoms with Gasteiger partial charge in [-0.05, 0) is 50.6 Å². The molecule has 3 N–H and O–H groups in total. The summed E-state index contributed by atoms with van der Waals surface area (Å²) in [6.45, 7) is 3.40. The quantitative estimate of drug-likeness (QED) is 0.886. The van der Waals surface area contributed by atoms with Crippen molar-refractivity contribution >= 4 is 27.5 Å².